The standard InChI is InChI=1S/C24H28N6.HI/c1-18-3-8-22-21(15-28-23(22)13-18)9-10-27-24(25-2)29-14-19-4-6-20(7-5-19)16-30-12-11-26-17-30;/h3-8,11-13,15,17,28H,9-10,14,16H2,1-2H3,(H2,25,27,29);1H. The second-order valence-electron chi connectivity index (χ2n) is 7.52. The number of imidazole rings is 1. The van der Waals surface area contributed by atoms with Crippen LogP contribution in [0.3, 0.4) is 0 Å². The molecule has 0 aliphatic carbocycles. The Morgan fingerprint density at radius 3 is 2.65 bits per heavy atom. The molecule has 0 bridgehead atoms. The maximum Gasteiger partial charge on any atom is 0.191 e. The Balaban J connectivity index is 0.00000272. The minimum atomic E-state index is 0. The summed E-state index contributed by atoms with van der Waals surface area (Å²) in [7, 11) is 1.80. The molecule has 0 spiro atoms. The lowest BCUT2D eigenvalue weighted by atomic mass is 10.1. The first-order valence-corrected chi connectivity index (χ1v) is 10.3. The van der Waals surface area contributed by atoms with Crippen molar-refractivity contribution in [1.29, 1.82) is 0 Å². The molecule has 0 amide bonds. The van der Waals surface area contributed by atoms with E-state index >= 15 is 0 Å². The number of guanidine groups is 1. The normalized spacial score (nSPS) is 11.4. The first kappa shape index (κ1) is 22.9. The molecule has 2 aromatic carbocycles. The highest BCUT2D eigenvalue weighted by atomic mass is 127. The molecule has 0 unspecified atom stereocenters. The molecule has 0 aliphatic rings. The highest BCUT2D eigenvalue weighted by molar-refractivity contribution is 14.0. The summed E-state index contributed by atoms with van der Waals surface area (Å²) in [4.78, 5) is 11.8. The fraction of sp³-hybridized carbons (Fsp3) is 0.250. The van der Waals surface area contributed by atoms with E-state index in [2.05, 4.69) is 85.7 Å². The topological polar surface area (TPSA) is 70.0 Å². The third-order valence-electron chi connectivity index (χ3n) is 5.24. The van der Waals surface area contributed by atoms with E-state index in [1.807, 2.05) is 12.5 Å². The number of halogens is 1. The monoisotopic (exact) mass is 528 g/mol. The third-order valence-corrected chi connectivity index (χ3v) is 5.24. The van der Waals surface area contributed by atoms with Crippen LogP contribution in [0.25, 0.3) is 10.9 Å². The van der Waals surface area contributed by atoms with Crippen LogP contribution in [0.15, 0.2) is 72.4 Å². The summed E-state index contributed by atoms with van der Waals surface area (Å²) in [6.45, 7) is 4.51. The van der Waals surface area contributed by atoms with Crippen LogP contribution < -0.4 is 10.6 Å². The van der Waals surface area contributed by atoms with E-state index in [4.69, 9.17) is 0 Å². The summed E-state index contributed by atoms with van der Waals surface area (Å²) in [6, 6.07) is 15.2. The molecule has 2 heterocycles. The Bertz CT molecular complexity index is 1110. The average molecular weight is 528 g/mol. The van der Waals surface area contributed by atoms with Crippen LogP contribution in [0.2, 0.25) is 0 Å². The summed E-state index contributed by atoms with van der Waals surface area (Å²) in [5, 5.41) is 8.09. The van der Waals surface area contributed by atoms with E-state index in [-0.39, 0.29) is 24.0 Å². The number of benzene rings is 2. The second kappa shape index (κ2) is 11.0. The molecule has 31 heavy (non-hydrogen) atoms. The van der Waals surface area contributed by atoms with E-state index in [0.29, 0.717) is 0 Å². The summed E-state index contributed by atoms with van der Waals surface area (Å²) in [6.07, 6.45) is 8.65. The molecule has 0 fully saturated rings. The molecule has 2 aromatic heterocycles. The lowest BCUT2D eigenvalue weighted by Crippen LogP contribution is -2.37. The zero-order valence-electron chi connectivity index (χ0n) is 17.9. The van der Waals surface area contributed by atoms with Crippen LogP contribution >= 0.6 is 24.0 Å². The molecule has 0 saturated heterocycles. The van der Waals surface area contributed by atoms with Gasteiger partial charge in [0.2, 0.25) is 0 Å². The third kappa shape index (κ3) is 6.10. The number of aromatic amines is 1. The number of hydrogen-bond donors (Lipinski definition) is 3. The molecule has 4 rings (SSSR count). The molecule has 162 valence electrons. The van der Waals surface area contributed by atoms with Gasteiger partial charge in [-0.25, -0.2) is 4.98 Å². The fourth-order valence-electron chi connectivity index (χ4n) is 3.58. The van der Waals surface area contributed by atoms with E-state index in [1.165, 1.54) is 33.2 Å². The first-order chi connectivity index (χ1) is 14.7. The SMILES string of the molecule is CN=C(NCCc1c[nH]c2cc(C)ccc12)NCc1ccc(Cn2ccnc2)cc1.I. The predicted octanol–water partition coefficient (Wildman–Crippen LogP) is 4.25. The summed E-state index contributed by atoms with van der Waals surface area (Å²) in [5.74, 6) is 0.813. The number of H-pyrrole nitrogens is 1. The number of hydrogen-bond acceptors (Lipinski definition) is 2. The summed E-state index contributed by atoms with van der Waals surface area (Å²) >= 11 is 0. The van der Waals surface area contributed by atoms with Crippen molar-refractivity contribution in [2.75, 3.05) is 13.6 Å². The Labute approximate surface area is 200 Å². The van der Waals surface area contributed by atoms with Crippen molar-refractivity contribution < 1.29 is 0 Å². The van der Waals surface area contributed by atoms with Crippen LogP contribution in [-0.4, -0.2) is 34.1 Å². The van der Waals surface area contributed by atoms with Crippen molar-refractivity contribution in [2.45, 2.75) is 26.4 Å². The number of aromatic nitrogens is 3. The molecular formula is C24H29IN6. The summed E-state index contributed by atoms with van der Waals surface area (Å²) < 4.78 is 2.06. The minimum Gasteiger partial charge on any atom is -0.361 e. The fourth-order valence-corrected chi connectivity index (χ4v) is 3.58. The highest BCUT2D eigenvalue weighted by Crippen LogP contribution is 2.19. The molecule has 7 heteroatoms. The minimum absolute atomic E-state index is 0. The number of aliphatic imine (C=N–C) groups is 1. The van der Waals surface area contributed by atoms with E-state index in [9.17, 15) is 0 Å². The summed E-state index contributed by atoms with van der Waals surface area (Å²) in [5.41, 5.74) is 6.27. The highest BCUT2D eigenvalue weighted by Gasteiger charge is 2.05. The van der Waals surface area contributed by atoms with Gasteiger partial charge in [-0.3, -0.25) is 4.99 Å². The Hall–Kier alpha value is -2.81. The van der Waals surface area contributed by atoms with Crippen LogP contribution in [-0.2, 0) is 19.5 Å². The Morgan fingerprint density at radius 1 is 1.10 bits per heavy atom. The van der Waals surface area contributed by atoms with Crippen LogP contribution in [0.5, 0.6) is 0 Å². The van der Waals surface area contributed by atoms with Crippen LogP contribution in [0.4, 0.5) is 0 Å². The van der Waals surface area contributed by atoms with Crippen molar-refractivity contribution >= 4 is 40.8 Å². The van der Waals surface area contributed by atoms with Crippen LogP contribution in [0, 0.1) is 6.92 Å². The van der Waals surface area contributed by atoms with E-state index in [1.54, 1.807) is 13.2 Å². The molecule has 6 nitrogen and oxygen atoms in total. The van der Waals surface area contributed by atoms with Gasteiger partial charge in [0.1, 0.15) is 0 Å². The largest absolute Gasteiger partial charge is 0.361 e. The van der Waals surface area contributed by atoms with Crippen molar-refractivity contribution in [3.05, 3.63) is 89.6 Å². The van der Waals surface area contributed by atoms with Gasteiger partial charge in [-0.15, -0.1) is 24.0 Å². The molecule has 0 aliphatic heterocycles. The van der Waals surface area contributed by atoms with Gasteiger partial charge >= 0.3 is 0 Å². The molecule has 4 aromatic rings. The first-order valence-electron chi connectivity index (χ1n) is 10.3. The quantitative estimate of drug-likeness (QED) is 0.191. The molecular weight excluding hydrogens is 499 g/mol. The zero-order valence-corrected chi connectivity index (χ0v) is 20.3. The number of nitrogens with zero attached hydrogens (tertiary/aromatic N) is 3. The maximum absolute atomic E-state index is 4.34. The van der Waals surface area contributed by atoms with Gasteiger partial charge in [0.15, 0.2) is 5.96 Å². The molecule has 3 N–H and O–H groups in total. The number of rotatable bonds is 7. The molecule has 0 atom stereocenters. The van der Waals surface area contributed by atoms with Gasteiger partial charge in [-0.2, -0.15) is 0 Å². The number of fused-ring (bicyclic) bond motifs is 1. The van der Waals surface area contributed by atoms with Gasteiger partial charge in [0.25, 0.3) is 0 Å². The van der Waals surface area contributed by atoms with Crippen molar-refractivity contribution in [3.8, 4) is 0 Å². The Kier molecular flexibility index (Phi) is 8.11. The smallest absolute Gasteiger partial charge is 0.191 e. The van der Waals surface area contributed by atoms with Gasteiger partial charge in [0, 0.05) is 56.2 Å². The second-order valence-corrected chi connectivity index (χ2v) is 7.52. The van der Waals surface area contributed by atoms with E-state index in [0.717, 1.165) is 32.0 Å². The maximum atomic E-state index is 4.34. The lowest BCUT2D eigenvalue weighted by Gasteiger charge is -2.12. The van der Waals surface area contributed by atoms with Gasteiger partial charge < -0.3 is 20.2 Å². The predicted molar refractivity (Wildman–Crippen MR) is 138 cm³/mol. The van der Waals surface area contributed by atoms with Crippen molar-refractivity contribution in [2.24, 2.45) is 4.99 Å². The Morgan fingerprint density at radius 2 is 1.90 bits per heavy atom. The van der Waals surface area contributed by atoms with Crippen molar-refractivity contribution in [1.82, 2.24) is 25.2 Å². The van der Waals surface area contributed by atoms with Crippen molar-refractivity contribution in [3.63, 3.8) is 0 Å². The number of nitrogens with one attached hydrogen (secondary N) is 3. The van der Waals surface area contributed by atoms with Gasteiger partial charge in [-0.1, -0.05) is 36.4 Å². The van der Waals surface area contributed by atoms with Crippen LogP contribution in [0.1, 0.15) is 22.3 Å². The van der Waals surface area contributed by atoms with Gasteiger partial charge in [0.05, 0.1) is 6.33 Å². The van der Waals surface area contributed by atoms with E-state index < -0.39 is 0 Å². The molecule has 0 saturated carbocycles. The van der Waals surface area contributed by atoms with Gasteiger partial charge in [-0.05, 0) is 41.7 Å². The zero-order chi connectivity index (χ0) is 20.8. The lowest BCUT2D eigenvalue weighted by molar-refractivity contribution is 0.788. The number of aryl methyl sites for hydroxylation is 1. The average Bonchev–Trinajstić information content (AvgIpc) is 3.41. The molecule has 0 radical (unpaired) electrons.